The summed E-state index contributed by atoms with van der Waals surface area (Å²) in [4.78, 5) is 30.5. The Kier molecular flexibility index (Phi) is 5.17. The molecule has 74 valence electrons. The summed E-state index contributed by atoms with van der Waals surface area (Å²) in [6, 6.07) is 0. The second kappa shape index (κ2) is 5.92. The van der Waals surface area contributed by atoms with Gasteiger partial charge < -0.3 is 9.84 Å². The Bertz CT molecular complexity index is 205. The Morgan fingerprint density at radius 3 is 2.54 bits per heavy atom. The van der Waals surface area contributed by atoms with Crippen LogP contribution in [0.15, 0.2) is 5.29 Å². The highest BCUT2D eigenvalue weighted by molar-refractivity contribution is 5.76. The number of hydrogen-bond acceptors (Lipinski definition) is 5. The van der Waals surface area contributed by atoms with E-state index in [0.29, 0.717) is 0 Å². The van der Waals surface area contributed by atoms with Crippen LogP contribution in [0.5, 0.6) is 0 Å². The number of carboxylic acid groups (broad SMARTS) is 1. The van der Waals surface area contributed by atoms with Gasteiger partial charge in [-0.15, -0.1) is 4.91 Å². The maximum atomic E-state index is 10.7. The molecule has 0 aliphatic heterocycles. The van der Waals surface area contributed by atoms with Crippen LogP contribution in [0.1, 0.15) is 12.8 Å². The number of nitroso groups, excluding NO2 is 1. The topological polar surface area (TPSA) is 96.3 Å². The molecule has 0 heterocycles. The molecule has 0 bridgehead atoms. The van der Waals surface area contributed by atoms with Gasteiger partial charge in [-0.3, -0.25) is 9.59 Å². The van der Waals surface area contributed by atoms with Crippen molar-refractivity contribution in [2.45, 2.75) is 12.8 Å². The van der Waals surface area contributed by atoms with Crippen molar-refractivity contribution in [3.8, 4) is 0 Å². The van der Waals surface area contributed by atoms with E-state index in [4.69, 9.17) is 5.11 Å². The molecule has 0 saturated heterocycles. The SMILES string of the molecule is CN(COC(=O)CCC(=O)O)N=O. The highest BCUT2D eigenvalue weighted by atomic mass is 16.5. The Hall–Kier alpha value is -1.66. The Morgan fingerprint density at radius 2 is 2.08 bits per heavy atom. The van der Waals surface area contributed by atoms with Crippen molar-refractivity contribution >= 4 is 11.9 Å². The molecule has 0 aromatic rings. The third-order valence-corrected chi connectivity index (χ3v) is 1.09. The number of ether oxygens (including phenoxy) is 1. The minimum Gasteiger partial charge on any atom is -0.481 e. The number of esters is 1. The summed E-state index contributed by atoms with van der Waals surface area (Å²) in [6.45, 7) is -0.262. The summed E-state index contributed by atoms with van der Waals surface area (Å²) in [7, 11) is 1.33. The lowest BCUT2D eigenvalue weighted by Crippen LogP contribution is -2.18. The number of nitrogens with zero attached hydrogens (tertiary/aromatic N) is 2. The molecule has 0 aliphatic rings. The second-order valence-electron chi connectivity index (χ2n) is 2.28. The van der Waals surface area contributed by atoms with E-state index in [0.717, 1.165) is 5.01 Å². The normalized spacial score (nSPS) is 9.00. The van der Waals surface area contributed by atoms with Crippen molar-refractivity contribution in [1.29, 1.82) is 0 Å². The number of carbonyl (C=O) groups is 2. The first kappa shape index (κ1) is 11.3. The van der Waals surface area contributed by atoms with Crippen molar-refractivity contribution in [2.24, 2.45) is 5.29 Å². The molecule has 7 heteroatoms. The number of aliphatic carboxylic acids is 1. The molecule has 0 aromatic carbocycles. The van der Waals surface area contributed by atoms with Gasteiger partial charge in [-0.05, 0) is 0 Å². The van der Waals surface area contributed by atoms with Crippen LogP contribution < -0.4 is 0 Å². The molecule has 0 rings (SSSR count). The number of carbonyl (C=O) groups excluding carboxylic acids is 1. The van der Waals surface area contributed by atoms with E-state index in [1.54, 1.807) is 0 Å². The van der Waals surface area contributed by atoms with Gasteiger partial charge >= 0.3 is 11.9 Å². The predicted octanol–water partition coefficient (Wildman–Crippen LogP) is -0.0349. The number of carboxylic acids is 1. The summed E-state index contributed by atoms with van der Waals surface area (Å²) >= 11 is 0. The van der Waals surface area contributed by atoms with Gasteiger partial charge in [0.05, 0.1) is 18.1 Å². The highest BCUT2D eigenvalue weighted by Gasteiger charge is 2.07. The molecular formula is C6H10N2O5. The zero-order valence-electron chi connectivity index (χ0n) is 7.10. The molecule has 0 amide bonds. The van der Waals surface area contributed by atoms with Gasteiger partial charge in [-0.1, -0.05) is 0 Å². The lowest BCUT2D eigenvalue weighted by atomic mass is 10.3. The van der Waals surface area contributed by atoms with Crippen LogP contribution in [0.3, 0.4) is 0 Å². The van der Waals surface area contributed by atoms with Gasteiger partial charge in [0.2, 0.25) is 0 Å². The zero-order chi connectivity index (χ0) is 10.3. The van der Waals surface area contributed by atoms with E-state index < -0.39 is 11.9 Å². The average molecular weight is 190 g/mol. The molecule has 7 nitrogen and oxygen atoms in total. The van der Waals surface area contributed by atoms with Crippen molar-refractivity contribution < 1.29 is 19.4 Å². The van der Waals surface area contributed by atoms with Crippen LogP contribution >= 0.6 is 0 Å². The Balaban J connectivity index is 3.51. The van der Waals surface area contributed by atoms with E-state index in [-0.39, 0.29) is 19.6 Å². The fraction of sp³-hybridized carbons (Fsp3) is 0.667. The maximum Gasteiger partial charge on any atom is 0.308 e. The van der Waals surface area contributed by atoms with Gasteiger partial charge in [0, 0.05) is 7.05 Å². The van der Waals surface area contributed by atoms with Crippen molar-refractivity contribution in [3.05, 3.63) is 4.91 Å². The smallest absolute Gasteiger partial charge is 0.308 e. The fourth-order valence-electron chi connectivity index (χ4n) is 0.470. The van der Waals surface area contributed by atoms with Crippen molar-refractivity contribution in [1.82, 2.24) is 5.01 Å². The standard InChI is InChI=1S/C6H10N2O5/c1-8(7-12)4-13-6(11)3-2-5(9)10/h2-4H2,1H3,(H,9,10). The molecule has 0 fully saturated rings. The molecule has 0 spiro atoms. The number of hydrogen-bond donors (Lipinski definition) is 1. The van der Waals surface area contributed by atoms with E-state index in [9.17, 15) is 14.5 Å². The zero-order valence-corrected chi connectivity index (χ0v) is 7.10. The summed E-state index contributed by atoms with van der Waals surface area (Å²) < 4.78 is 4.47. The van der Waals surface area contributed by atoms with Gasteiger partial charge in [-0.2, -0.15) is 0 Å². The molecule has 0 atom stereocenters. The van der Waals surface area contributed by atoms with Crippen LogP contribution in [0.4, 0.5) is 0 Å². The fourth-order valence-corrected chi connectivity index (χ4v) is 0.470. The maximum absolute atomic E-state index is 10.7. The summed E-state index contributed by atoms with van der Waals surface area (Å²) in [5.74, 6) is -1.74. The third-order valence-electron chi connectivity index (χ3n) is 1.09. The lowest BCUT2D eigenvalue weighted by Gasteiger charge is -2.08. The van der Waals surface area contributed by atoms with E-state index >= 15 is 0 Å². The molecule has 0 saturated carbocycles. The van der Waals surface area contributed by atoms with Crippen LogP contribution in [0, 0.1) is 4.91 Å². The minimum absolute atomic E-state index is 0.206. The Labute approximate surface area is 74.2 Å². The van der Waals surface area contributed by atoms with Gasteiger partial charge in [0.15, 0.2) is 6.73 Å². The molecular weight excluding hydrogens is 180 g/mol. The van der Waals surface area contributed by atoms with Gasteiger partial charge in [0.1, 0.15) is 0 Å². The molecule has 0 aliphatic carbocycles. The molecule has 0 radical (unpaired) electrons. The summed E-state index contributed by atoms with van der Waals surface area (Å²) in [5.41, 5.74) is 0. The highest BCUT2D eigenvalue weighted by Crippen LogP contribution is 1.94. The average Bonchev–Trinajstić information content (AvgIpc) is 2.10. The van der Waals surface area contributed by atoms with Gasteiger partial charge in [0.25, 0.3) is 0 Å². The monoisotopic (exact) mass is 190 g/mol. The minimum atomic E-state index is -1.07. The first-order chi connectivity index (χ1) is 6.06. The lowest BCUT2D eigenvalue weighted by molar-refractivity contribution is -0.151. The summed E-state index contributed by atoms with van der Waals surface area (Å²) in [5, 5.41) is 11.5. The van der Waals surface area contributed by atoms with E-state index in [1.807, 2.05) is 0 Å². The Morgan fingerprint density at radius 1 is 1.46 bits per heavy atom. The molecule has 0 aromatic heterocycles. The second-order valence-corrected chi connectivity index (χ2v) is 2.28. The van der Waals surface area contributed by atoms with Crippen LogP contribution in [0.25, 0.3) is 0 Å². The van der Waals surface area contributed by atoms with Crippen LogP contribution in [-0.4, -0.2) is 35.8 Å². The first-order valence-electron chi connectivity index (χ1n) is 3.48. The molecule has 1 N–H and O–H groups in total. The number of rotatable bonds is 6. The molecule has 13 heavy (non-hydrogen) atoms. The van der Waals surface area contributed by atoms with Crippen LogP contribution in [-0.2, 0) is 14.3 Å². The van der Waals surface area contributed by atoms with Crippen molar-refractivity contribution in [2.75, 3.05) is 13.8 Å². The van der Waals surface area contributed by atoms with E-state index in [1.165, 1.54) is 7.05 Å². The largest absolute Gasteiger partial charge is 0.481 e. The van der Waals surface area contributed by atoms with E-state index in [2.05, 4.69) is 10.0 Å². The third kappa shape index (κ3) is 6.73. The summed E-state index contributed by atoms with van der Waals surface area (Å²) in [6.07, 6.45) is -0.487. The van der Waals surface area contributed by atoms with Crippen LogP contribution in [0.2, 0.25) is 0 Å². The quantitative estimate of drug-likeness (QED) is 0.273. The van der Waals surface area contributed by atoms with Crippen molar-refractivity contribution in [3.63, 3.8) is 0 Å². The van der Waals surface area contributed by atoms with Gasteiger partial charge in [-0.25, -0.2) is 5.01 Å². The predicted molar refractivity (Wildman–Crippen MR) is 41.4 cm³/mol. The molecule has 0 unspecified atom stereocenters. The first-order valence-corrected chi connectivity index (χ1v) is 3.48.